The number of hydrogen-bond donors (Lipinski definition) is 1. The second-order valence-electron chi connectivity index (χ2n) is 5.88. The molecule has 1 amide bonds. The Balaban J connectivity index is 0.00000156. The summed E-state index contributed by atoms with van der Waals surface area (Å²) in [6.07, 6.45) is 0.621. The topological polar surface area (TPSA) is 45.2 Å². The summed E-state index contributed by atoms with van der Waals surface area (Å²) in [5.41, 5.74) is 1.78. The van der Waals surface area contributed by atoms with Crippen LogP contribution in [0.1, 0.15) is 32.9 Å². The number of carbonyl (C=O) groups excluding carboxylic acids is 1. The molecule has 8 heteroatoms. The summed E-state index contributed by atoms with van der Waals surface area (Å²) in [7, 11) is 0. The summed E-state index contributed by atoms with van der Waals surface area (Å²) in [4.78, 5) is 19.9. The number of nitrogens with one attached hydrogen (secondary N) is 1. The molecule has 1 atom stereocenters. The molecular weight excluding hydrogens is 384 g/mol. The molecule has 1 fully saturated rings. The summed E-state index contributed by atoms with van der Waals surface area (Å²) < 4.78 is 13.0. The summed E-state index contributed by atoms with van der Waals surface area (Å²) in [6, 6.07) is 6.60. The molecule has 138 valence electrons. The molecule has 1 N–H and O–H groups in total. The monoisotopic (exact) mass is 405 g/mol. The quantitative estimate of drug-likeness (QED) is 0.849. The van der Waals surface area contributed by atoms with E-state index in [1.165, 1.54) is 23.5 Å². The van der Waals surface area contributed by atoms with Crippen LogP contribution in [0.4, 0.5) is 4.39 Å². The SMILES string of the molecule is Cc1nc(Cc2ccc(F)cc2)sc1C(=O)N1CCNCC1C.Cl.Cl. The van der Waals surface area contributed by atoms with Crippen molar-refractivity contribution in [1.82, 2.24) is 15.2 Å². The van der Waals surface area contributed by atoms with Crippen LogP contribution >= 0.6 is 36.2 Å². The first-order valence-corrected chi connectivity index (χ1v) is 8.58. The zero-order valence-electron chi connectivity index (χ0n) is 14.1. The van der Waals surface area contributed by atoms with Gasteiger partial charge in [0.2, 0.25) is 0 Å². The molecule has 0 saturated carbocycles. The Labute approximate surface area is 163 Å². The average molecular weight is 406 g/mol. The van der Waals surface area contributed by atoms with Crippen LogP contribution in [0, 0.1) is 12.7 Å². The van der Waals surface area contributed by atoms with Crippen LogP contribution in [0.25, 0.3) is 0 Å². The molecule has 4 nitrogen and oxygen atoms in total. The first-order valence-electron chi connectivity index (χ1n) is 7.77. The van der Waals surface area contributed by atoms with E-state index in [2.05, 4.69) is 17.2 Å². The van der Waals surface area contributed by atoms with E-state index in [0.717, 1.165) is 40.8 Å². The zero-order valence-corrected chi connectivity index (χ0v) is 16.6. The minimum absolute atomic E-state index is 0. The van der Waals surface area contributed by atoms with Gasteiger partial charge in [0, 0.05) is 32.1 Å². The van der Waals surface area contributed by atoms with E-state index in [1.807, 2.05) is 11.8 Å². The number of rotatable bonds is 3. The molecule has 2 heterocycles. The lowest BCUT2D eigenvalue weighted by molar-refractivity contribution is 0.0660. The number of aryl methyl sites for hydroxylation is 1. The van der Waals surface area contributed by atoms with Crippen LogP contribution < -0.4 is 5.32 Å². The maximum absolute atomic E-state index is 13.0. The molecule has 1 aromatic heterocycles. The number of benzene rings is 1. The number of carbonyl (C=O) groups is 1. The third kappa shape index (κ3) is 5.14. The van der Waals surface area contributed by atoms with Crippen molar-refractivity contribution >= 4 is 42.1 Å². The van der Waals surface area contributed by atoms with Crippen LogP contribution in [0.3, 0.4) is 0 Å². The van der Waals surface area contributed by atoms with E-state index in [1.54, 1.807) is 12.1 Å². The Morgan fingerprint density at radius 3 is 2.68 bits per heavy atom. The molecule has 2 aromatic rings. The van der Waals surface area contributed by atoms with Crippen molar-refractivity contribution in [2.75, 3.05) is 19.6 Å². The van der Waals surface area contributed by atoms with Gasteiger partial charge in [0.1, 0.15) is 10.7 Å². The highest BCUT2D eigenvalue weighted by atomic mass is 35.5. The summed E-state index contributed by atoms with van der Waals surface area (Å²) in [5.74, 6) is -0.174. The second-order valence-corrected chi connectivity index (χ2v) is 6.96. The van der Waals surface area contributed by atoms with Gasteiger partial charge in [0.05, 0.1) is 10.7 Å². The van der Waals surface area contributed by atoms with Gasteiger partial charge in [-0.2, -0.15) is 0 Å². The third-order valence-corrected chi connectivity index (χ3v) is 5.21. The summed E-state index contributed by atoms with van der Waals surface area (Å²) in [6.45, 7) is 6.32. The highest BCUT2D eigenvalue weighted by molar-refractivity contribution is 7.13. The van der Waals surface area contributed by atoms with Crippen LogP contribution in [0.5, 0.6) is 0 Å². The van der Waals surface area contributed by atoms with Crippen molar-refractivity contribution in [3.63, 3.8) is 0 Å². The van der Waals surface area contributed by atoms with E-state index >= 15 is 0 Å². The van der Waals surface area contributed by atoms with Gasteiger partial charge in [-0.05, 0) is 31.5 Å². The van der Waals surface area contributed by atoms with Crippen molar-refractivity contribution < 1.29 is 9.18 Å². The summed E-state index contributed by atoms with van der Waals surface area (Å²) >= 11 is 1.45. The first-order chi connectivity index (χ1) is 11.0. The Bertz CT molecular complexity index is 708. The zero-order chi connectivity index (χ0) is 16.4. The molecule has 0 spiro atoms. The number of amides is 1. The van der Waals surface area contributed by atoms with Crippen molar-refractivity contribution in [3.8, 4) is 0 Å². The van der Waals surface area contributed by atoms with Gasteiger partial charge in [0.25, 0.3) is 5.91 Å². The smallest absolute Gasteiger partial charge is 0.266 e. The highest BCUT2D eigenvalue weighted by Gasteiger charge is 2.27. The van der Waals surface area contributed by atoms with E-state index in [0.29, 0.717) is 6.42 Å². The van der Waals surface area contributed by atoms with Gasteiger partial charge in [-0.3, -0.25) is 4.79 Å². The Hall–Kier alpha value is -1.21. The molecule has 1 saturated heterocycles. The van der Waals surface area contributed by atoms with E-state index in [-0.39, 0.29) is 42.6 Å². The van der Waals surface area contributed by atoms with Crippen LogP contribution in [-0.4, -0.2) is 41.5 Å². The van der Waals surface area contributed by atoms with Crippen LogP contribution in [-0.2, 0) is 6.42 Å². The minimum Gasteiger partial charge on any atom is -0.333 e. The fraction of sp³-hybridized carbons (Fsp3) is 0.412. The van der Waals surface area contributed by atoms with Gasteiger partial charge in [-0.1, -0.05) is 12.1 Å². The van der Waals surface area contributed by atoms with E-state index in [9.17, 15) is 9.18 Å². The second kappa shape index (κ2) is 9.48. The third-order valence-electron chi connectivity index (χ3n) is 4.07. The Kier molecular flexibility index (Phi) is 8.28. The number of piperazine rings is 1. The molecular formula is C17H22Cl2FN3OS. The molecule has 1 unspecified atom stereocenters. The molecule has 1 aliphatic rings. The Morgan fingerprint density at radius 2 is 2.04 bits per heavy atom. The maximum atomic E-state index is 13.0. The molecule has 3 rings (SSSR count). The molecule has 0 radical (unpaired) electrons. The van der Waals surface area contributed by atoms with Crippen molar-refractivity contribution in [1.29, 1.82) is 0 Å². The van der Waals surface area contributed by atoms with Gasteiger partial charge >= 0.3 is 0 Å². The Morgan fingerprint density at radius 1 is 1.36 bits per heavy atom. The number of thiazole rings is 1. The fourth-order valence-electron chi connectivity index (χ4n) is 2.78. The van der Waals surface area contributed by atoms with Crippen LogP contribution in [0.15, 0.2) is 24.3 Å². The lowest BCUT2D eigenvalue weighted by Gasteiger charge is -2.33. The molecule has 1 aliphatic heterocycles. The number of halogens is 3. The lowest BCUT2D eigenvalue weighted by atomic mass is 10.1. The largest absolute Gasteiger partial charge is 0.333 e. The highest BCUT2D eigenvalue weighted by Crippen LogP contribution is 2.23. The lowest BCUT2D eigenvalue weighted by Crippen LogP contribution is -2.52. The molecule has 1 aromatic carbocycles. The van der Waals surface area contributed by atoms with E-state index in [4.69, 9.17) is 0 Å². The number of nitrogens with zero attached hydrogens (tertiary/aromatic N) is 2. The predicted molar refractivity (Wildman–Crippen MR) is 104 cm³/mol. The molecule has 25 heavy (non-hydrogen) atoms. The normalized spacial score (nSPS) is 16.8. The standard InChI is InChI=1S/C17H20FN3OS.2ClH/c1-11-10-19-7-8-21(11)17(22)16-12(2)20-15(23-16)9-13-3-5-14(18)6-4-13;;/h3-6,11,19H,7-10H2,1-2H3;2*1H. The van der Waals surface area contributed by atoms with Crippen LogP contribution in [0.2, 0.25) is 0 Å². The van der Waals surface area contributed by atoms with Crippen molar-refractivity contribution in [3.05, 3.63) is 51.2 Å². The van der Waals surface area contributed by atoms with Gasteiger partial charge in [-0.25, -0.2) is 9.37 Å². The minimum atomic E-state index is -0.243. The maximum Gasteiger partial charge on any atom is 0.266 e. The predicted octanol–water partition coefficient (Wildman–Crippen LogP) is 3.46. The molecule has 0 aliphatic carbocycles. The van der Waals surface area contributed by atoms with Crippen molar-refractivity contribution in [2.24, 2.45) is 0 Å². The first kappa shape index (κ1) is 21.8. The van der Waals surface area contributed by atoms with Crippen molar-refractivity contribution in [2.45, 2.75) is 26.3 Å². The van der Waals surface area contributed by atoms with E-state index < -0.39 is 0 Å². The summed E-state index contributed by atoms with van der Waals surface area (Å²) in [5, 5.41) is 4.18. The fourth-order valence-corrected chi connectivity index (χ4v) is 3.83. The van der Waals surface area contributed by atoms with Gasteiger partial charge in [0.15, 0.2) is 0 Å². The average Bonchev–Trinajstić information content (AvgIpc) is 2.90. The number of aromatic nitrogens is 1. The molecule has 0 bridgehead atoms. The van der Waals surface area contributed by atoms with Gasteiger partial charge < -0.3 is 10.2 Å². The number of hydrogen-bond acceptors (Lipinski definition) is 4. The van der Waals surface area contributed by atoms with Gasteiger partial charge in [-0.15, -0.1) is 36.2 Å².